The molecule has 8 heteroatoms. The van der Waals surface area contributed by atoms with Crippen molar-refractivity contribution in [2.24, 2.45) is 5.73 Å². The summed E-state index contributed by atoms with van der Waals surface area (Å²) in [5, 5.41) is 4.09. The monoisotopic (exact) mass is 371 g/mol. The lowest BCUT2D eigenvalue weighted by Crippen LogP contribution is -2.41. The molecule has 3 heterocycles. The predicted molar refractivity (Wildman–Crippen MR) is 98.8 cm³/mol. The third-order valence-electron chi connectivity index (χ3n) is 5.24. The van der Waals surface area contributed by atoms with Gasteiger partial charge in [-0.15, -0.1) is 0 Å². The van der Waals surface area contributed by atoms with Crippen molar-refractivity contribution < 1.29 is 14.1 Å². The van der Waals surface area contributed by atoms with Crippen molar-refractivity contribution in [1.29, 1.82) is 0 Å². The molecule has 4 rings (SSSR count). The van der Waals surface area contributed by atoms with E-state index in [2.05, 4.69) is 15.0 Å². The van der Waals surface area contributed by atoms with E-state index in [-0.39, 0.29) is 11.8 Å². The Morgan fingerprint density at radius 1 is 1.15 bits per heavy atom. The van der Waals surface area contributed by atoms with Crippen LogP contribution in [0.25, 0.3) is 11.4 Å². The quantitative estimate of drug-likeness (QED) is 0.804. The molecule has 2 aliphatic heterocycles. The van der Waals surface area contributed by atoms with Gasteiger partial charge in [0.25, 0.3) is 0 Å². The standard InChI is InChI=1S/C19H25N5O3/c20-12-14-1-3-15(4-2-14)18-21-19(27-22-18)16-11-17(25)24(13-16)6-5-23-7-9-26-10-8-23/h1-4,16H,5-13,20H2. The molecule has 0 radical (unpaired) electrons. The van der Waals surface area contributed by atoms with E-state index >= 15 is 0 Å². The zero-order valence-corrected chi connectivity index (χ0v) is 15.3. The van der Waals surface area contributed by atoms with Crippen LogP contribution in [0.3, 0.4) is 0 Å². The fraction of sp³-hybridized carbons (Fsp3) is 0.526. The first-order valence-electron chi connectivity index (χ1n) is 9.44. The molecule has 0 bridgehead atoms. The molecule has 2 saturated heterocycles. The zero-order chi connectivity index (χ0) is 18.6. The molecule has 144 valence electrons. The smallest absolute Gasteiger partial charge is 0.232 e. The Morgan fingerprint density at radius 3 is 2.67 bits per heavy atom. The second-order valence-corrected chi connectivity index (χ2v) is 7.05. The summed E-state index contributed by atoms with van der Waals surface area (Å²) in [7, 11) is 0. The highest BCUT2D eigenvalue weighted by atomic mass is 16.5. The molecule has 1 amide bonds. The third-order valence-corrected chi connectivity index (χ3v) is 5.24. The highest BCUT2D eigenvalue weighted by molar-refractivity contribution is 5.79. The van der Waals surface area contributed by atoms with E-state index in [4.69, 9.17) is 15.0 Å². The van der Waals surface area contributed by atoms with Gasteiger partial charge in [0.1, 0.15) is 0 Å². The van der Waals surface area contributed by atoms with Gasteiger partial charge in [0, 0.05) is 51.3 Å². The highest BCUT2D eigenvalue weighted by Crippen LogP contribution is 2.28. The SMILES string of the molecule is NCc1ccc(-c2noc(C3CC(=O)N(CCN4CCOCC4)C3)n2)cc1. The molecule has 2 fully saturated rings. The largest absolute Gasteiger partial charge is 0.379 e. The van der Waals surface area contributed by atoms with Crippen molar-refractivity contribution in [3.05, 3.63) is 35.7 Å². The molecule has 0 spiro atoms. The number of aromatic nitrogens is 2. The Hall–Kier alpha value is -2.29. The van der Waals surface area contributed by atoms with Gasteiger partial charge in [0.2, 0.25) is 17.6 Å². The number of carbonyl (C=O) groups excluding carboxylic acids is 1. The van der Waals surface area contributed by atoms with Crippen molar-refractivity contribution in [3.8, 4) is 11.4 Å². The lowest BCUT2D eigenvalue weighted by Gasteiger charge is -2.28. The average molecular weight is 371 g/mol. The van der Waals surface area contributed by atoms with Gasteiger partial charge in [-0.05, 0) is 5.56 Å². The van der Waals surface area contributed by atoms with Gasteiger partial charge in [-0.3, -0.25) is 9.69 Å². The third kappa shape index (κ3) is 4.18. The molecule has 8 nitrogen and oxygen atoms in total. The van der Waals surface area contributed by atoms with Crippen LogP contribution in [-0.4, -0.2) is 71.8 Å². The Bertz CT molecular complexity index is 770. The summed E-state index contributed by atoms with van der Waals surface area (Å²) < 4.78 is 10.8. The van der Waals surface area contributed by atoms with Crippen LogP contribution in [0.5, 0.6) is 0 Å². The second kappa shape index (κ2) is 8.16. The van der Waals surface area contributed by atoms with Crippen LogP contribution in [0.4, 0.5) is 0 Å². The van der Waals surface area contributed by atoms with Crippen LogP contribution in [-0.2, 0) is 16.1 Å². The van der Waals surface area contributed by atoms with E-state index in [1.165, 1.54) is 0 Å². The normalized spacial score (nSPS) is 21.1. The molecule has 2 N–H and O–H groups in total. The highest BCUT2D eigenvalue weighted by Gasteiger charge is 2.34. The molecular weight excluding hydrogens is 346 g/mol. The van der Waals surface area contributed by atoms with Crippen molar-refractivity contribution in [3.63, 3.8) is 0 Å². The summed E-state index contributed by atoms with van der Waals surface area (Å²) in [6, 6.07) is 7.78. The van der Waals surface area contributed by atoms with Crippen LogP contribution in [0.15, 0.2) is 28.8 Å². The maximum Gasteiger partial charge on any atom is 0.232 e. The Morgan fingerprint density at radius 2 is 1.93 bits per heavy atom. The first-order valence-corrected chi connectivity index (χ1v) is 9.44. The van der Waals surface area contributed by atoms with Crippen LogP contribution >= 0.6 is 0 Å². The van der Waals surface area contributed by atoms with Gasteiger partial charge >= 0.3 is 0 Å². The topological polar surface area (TPSA) is 97.7 Å². The minimum absolute atomic E-state index is 0.0354. The van der Waals surface area contributed by atoms with Crippen LogP contribution in [0, 0.1) is 0 Å². The van der Waals surface area contributed by atoms with E-state index in [9.17, 15) is 4.79 Å². The lowest BCUT2D eigenvalue weighted by molar-refractivity contribution is -0.128. The van der Waals surface area contributed by atoms with Crippen molar-refractivity contribution in [1.82, 2.24) is 19.9 Å². The van der Waals surface area contributed by atoms with Gasteiger partial charge in [-0.1, -0.05) is 29.4 Å². The summed E-state index contributed by atoms with van der Waals surface area (Å²) in [4.78, 5) is 21.1. The molecule has 0 saturated carbocycles. The van der Waals surface area contributed by atoms with Gasteiger partial charge in [-0.25, -0.2) is 0 Å². The lowest BCUT2D eigenvalue weighted by atomic mass is 10.1. The van der Waals surface area contributed by atoms with E-state index in [0.29, 0.717) is 31.2 Å². The second-order valence-electron chi connectivity index (χ2n) is 7.05. The molecule has 1 aromatic heterocycles. The fourth-order valence-corrected chi connectivity index (χ4v) is 3.55. The number of ether oxygens (including phenoxy) is 1. The number of rotatable bonds is 6. The molecule has 2 aromatic rings. The van der Waals surface area contributed by atoms with Gasteiger partial charge in [0.05, 0.1) is 19.1 Å². The van der Waals surface area contributed by atoms with Gasteiger partial charge < -0.3 is 19.9 Å². The van der Waals surface area contributed by atoms with E-state index in [1.54, 1.807) is 0 Å². The Labute approximate surface area is 158 Å². The summed E-state index contributed by atoms with van der Waals surface area (Å²) in [5.41, 5.74) is 7.57. The van der Waals surface area contributed by atoms with E-state index in [1.807, 2.05) is 29.2 Å². The van der Waals surface area contributed by atoms with Gasteiger partial charge in [0.15, 0.2) is 0 Å². The summed E-state index contributed by atoms with van der Waals surface area (Å²) >= 11 is 0. The Kier molecular flexibility index (Phi) is 5.47. The molecule has 2 aliphatic rings. The zero-order valence-electron chi connectivity index (χ0n) is 15.3. The fourth-order valence-electron chi connectivity index (χ4n) is 3.55. The van der Waals surface area contributed by atoms with Crippen LogP contribution in [0.1, 0.15) is 23.8 Å². The number of morpholine rings is 1. The number of likely N-dealkylation sites (tertiary alicyclic amines) is 1. The predicted octanol–water partition coefficient (Wildman–Crippen LogP) is 0.843. The number of nitrogens with zero attached hydrogens (tertiary/aromatic N) is 4. The minimum atomic E-state index is -0.0354. The average Bonchev–Trinajstić information content (AvgIpc) is 3.34. The van der Waals surface area contributed by atoms with Gasteiger partial charge in [-0.2, -0.15) is 4.98 Å². The van der Waals surface area contributed by atoms with Crippen molar-refractivity contribution in [2.45, 2.75) is 18.9 Å². The van der Waals surface area contributed by atoms with Crippen molar-refractivity contribution in [2.75, 3.05) is 45.9 Å². The molecule has 0 aliphatic carbocycles. The number of amides is 1. The number of benzene rings is 1. The number of hydrogen-bond acceptors (Lipinski definition) is 7. The number of carbonyl (C=O) groups is 1. The number of nitrogens with two attached hydrogens (primary N) is 1. The van der Waals surface area contributed by atoms with Crippen LogP contribution in [0.2, 0.25) is 0 Å². The number of hydrogen-bond donors (Lipinski definition) is 1. The summed E-state index contributed by atoms with van der Waals surface area (Å²) in [6.07, 6.45) is 0.427. The molecule has 1 atom stereocenters. The first-order chi connectivity index (χ1) is 13.2. The van der Waals surface area contributed by atoms with Crippen molar-refractivity contribution >= 4 is 5.91 Å². The maximum absolute atomic E-state index is 12.4. The van der Waals surface area contributed by atoms with E-state index < -0.39 is 0 Å². The molecule has 1 aromatic carbocycles. The summed E-state index contributed by atoms with van der Waals surface area (Å²) in [5.74, 6) is 1.20. The van der Waals surface area contributed by atoms with Crippen LogP contribution < -0.4 is 5.73 Å². The molecular formula is C19H25N5O3. The first kappa shape index (κ1) is 18.1. The van der Waals surface area contributed by atoms with E-state index in [0.717, 1.165) is 50.5 Å². The maximum atomic E-state index is 12.4. The molecule has 1 unspecified atom stereocenters. The molecule has 27 heavy (non-hydrogen) atoms. The Balaban J connectivity index is 1.36. The summed E-state index contributed by atoms with van der Waals surface area (Å²) in [6.45, 7) is 6.16. The minimum Gasteiger partial charge on any atom is -0.379 e.